The second kappa shape index (κ2) is 10.1. The van der Waals surface area contributed by atoms with Gasteiger partial charge in [0.1, 0.15) is 11.5 Å². The molecule has 9 heteroatoms. The Kier molecular flexibility index (Phi) is 7.51. The number of benzene rings is 2. The quantitative estimate of drug-likeness (QED) is 0.302. The fraction of sp³-hybridized carbons (Fsp3) is 0.238. The second-order valence-corrected chi connectivity index (χ2v) is 5.89. The van der Waals surface area contributed by atoms with Crippen LogP contribution in [-0.4, -0.2) is 45.4 Å². The van der Waals surface area contributed by atoms with Crippen molar-refractivity contribution in [2.24, 2.45) is 0 Å². The number of hydrogen-bond acceptors (Lipinski definition) is 9. The van der Waals surface area contributed by atoms with Crippen LogP contribution in [0.3, 0.4) is 0 Å². The minimum atomic E-state index is -1.10. The second-order valence-electron chi connectivity index (χ2n) is 5.89. The van der Waals surface area contributed by atoms with Crippen LogP contribution in [0.1, 0.15) is 22.8 Å². The van der Waals surface area contributed by atoms with Crippen LogP contribution in [0.15, 0.2) is 36.4 Å². The lowest BCUT2D eigenvalue weighted by Gasteiger charge is -2.20. The zero-order valence-corrected chi connectivity index (χ0v) is 16.8. The molecule has 0 bridgehead atoms. The van der Waals surface area contributed by atoms with E-state index in [9.17, 15) is 19.2 Å². The summed E-state index contributed by atoms with van der Waals surface area (Å²) in [6, 6.07) is 9.81. The summed E-state index contributed by atoms with van der Waals surface area (Å²) in [4.78, 5) is 48.1. The van der Waals surface area contributed by atoms with Crippen LogP contribution in [-0.2, 0) is 25.4 Å². The van der Waals surface area contributed by atoms with Crippen molar-refractivity contribution < 1.29 is 42.9 Å². The van der Waals surface area contributed by atoms with E-state index in [4.69, 9.17) is 14.2 Å². The number of hydrogen-bond donors (Lipinski definition) is 0. The van der Waals surface area contributed by atoms with Crippen molar-refractivity contribution >= 4 is 24.1 Å². The molecule has 0 radical (unpaired) electrons. The van der Waals surface area contributed by atoms with Gasteiger partial charge in [0.25, 0.3) is 0 Å². The molecule has 0 aliphatic heterocycles. The molecule has 0 saturated carbocycles. The molecule has 0 heterocycles. The van der Waals surface area contributed by atoms with Gasteiger partial charge in [-0.05, 0) is 18.1 Å². The Morgan fingerprint density at radius 3 is 1.87 bits per heavy atom. The first-order valence-electron chi connectivity index (χ1n) is 8.67. The highest BCUT2D eigenvalue weighted by Gasteiger charge is 2.28. The smallest absolute Gasteiger partial charge is 0.469 e. The van der Waals surface area contributed by atoms with Crippen molar-refractivity contribution in [2.75, 3.05) is 21.3 Å². The Balaban J connectivity index is 2.90. The maximum atomic E-state index is 12.5. The van der Waals surface area contributed by atoms with E-state index < -0.39 is 24.1 Å². The van der Waals surface area contributed by atoms with Crippen LogP contribution in [0.4, 0.5) is 9.59 Å². The number of rotatable bonds is 6. The van der Waals surface area contributed by atoms with Gasteiger partial charge in [0.15, 0.2) is 5.78 Å². The summed E-state index contributed by atoms with van der Waals surface area (Å²) in [6.45, 7) is 1.25. The van der Waals surface area contributed by atoms with Gasteiger partial charge >= 0.3 is 18.3 Å². The molecule has 0 atom stereocenters. The van der Waals surface area contributed by atoms with Crippen molar-refractivity contribution in [1.29, 1.82) is 0 Å². The summed E-state index contributed by atoms with van der Waals surface area (Å²) < 4.78 is 24.1. The van der Waals surface area contributed by atoms with Gasteiger partial charge in [-0.25, -0.2) is 9.59 Å². The molecule has 2 aromatic rings. The first-order chi connectivity index (χ1) is 14.3. The third-order valence-corrected chi connectivity index (χ3v) is 4.04. The van der Waals surface area contributed by atoms with E-state index in [0.717, 1.165) is 14.2 Å². The highest BCUT2D eigenvalue weighted by Crippen LogP contribution is 2.41. The maximum Gasteiger partial charge on any atom is 0.513 e. The lowest BCUT2D eigenvalue weighted by Crippen LogP contribution is -2.17. The van der Waals surface area contributed by atoms with Crippen molar-refractivity contribution in [3.05, 3.63) is 47.5 Å². The Morgan fingerprint density at radius 1 is 0.800 bits per heavy atom. The molecule has 0 spiro atoms. The molecule has 0 saturated heterocycles. The van der Waals surface area contributed by atoms with Crippen molar-refractivity contribution in [1.82, 2.24) is 0 Å². The molecule has 2 aromatic carbocycles. The standard InChI is InChI=1S/C21H20O9/c1-12(22)18-14(10-17(23)26-2)19(13-8-6-5-7-9-13)16(30-21(25)28-4)11-15(18)29-20(24)27-3/h5-9,11H,10H2,1-4H3. The van der Waals surface area contributed by atoms with E-state index >= 15 is 0 Å². The summed E-state index contributed by atoms with van der Waals surface area (Å²) >= 11 is 0. The number of carbonyl (C=O) groups excluding carboxylic acids is 4. The average Bonchev–Trinajstić information content (AvgIpc) is 2.73. The summed E-state index contributed by atoms with van der Waals surface area (Å²) in [5.41, 5.74) is 0.916. The molecule has 0 amide bonds. The SMILES string of the molecule is COC(=O)Cc1c(C(C)=O)c(OC(=O)OC)cc(OC(=O)OC)c1-c1ccccc1. The number of Topliss-reactive ketones (excluding diaryl/α,β-unsaturated/α-hetero) is 1. The largest absolute Gasteiger partial charge is 0.513 e. The Labute approximate surface area is 172 Å². The highest BCUT2D eigenvalue weighted by molar-refractivity contribution is 6.03. The first-order valence-corrected chi connectivity index (χ1v) is 8.67. The molecule has 0 aliphatic carbocycles. The molecule has 0 N–H and O–H groups in total. The summed E-state index contributed by atoms with van der Waals surface area (Å²) in [5, 5.41) is 0. The number of ketones is 1. The molecule has 30 heavy (non-hydrogen) atoms. The topological polar surface area (TPSA) is 114 Å². The average molecular weight is 416 g/mol. The zero-order valence-electron chi connectivity index (χ0n) is 16.8. The van der Waals surface area contributed by atoms with Crippen molar-refractivity contribution in [3.63, 3.8) is 0 Å². The van der Waals surface area contributed by atoms with Gasteiger partial charge in [-0.2, -0.15) is 0 Å². The molecule has 0 unspecified atom stereocenters. The Hall–Kier alpha value is -3.88. The van der Waals surface area contributed by atoms with Crippen LogP contribution in [0.2, 0.25) is 0 Å². The number of esters is 1. The minimum Gasteiger partial charge on any atom is -0.469 e. The molecular formula is C21H20O9. The monoisotopic (exact) mass is 416 g/mol. The lowest BCUT2D eigenvalue weighted by atomic mass is 9.90. The zero-order chi connectivity index (χ0) is 22.3. The van der Waals surface area contributed by atoms with E-state index in [1.807, 2.05) is 0 Å². The van der Waals surface area contributed by atoms with Crippen molar-refractivity contribution in [3.8, 4) is 22.6 Å². The Bertz CT molecular complexity index is 964. The maximum absolute atomic E-state index is 12.5. The van der Waals surface area contributed by atoms with E-state index in [2.05, 4.69) is 9.47 Å². The van der Waals surface area contributed by atoms with E-state index in [1.54, 1.807) is 30.3 Å². The van der Waals surface area contributed by atoms with E-state index in [1.165, 1.54) is 20.1 Å². The molecule has 0 aromatic heterocycles. The summed E-state index contributed by atoms with van der Waals surface area (Å²) in [7, 11) is 3.41. The molecule has 158 valence electrons. The van der Waals surface area contributed by atoms with Gasteiger partial charge < -0.3 is 23.7 Å². The van der Waals surface area contributed by atoms with Gasteiger partial charge in [-0.3, -0.25) is 9.59 Å². The first kappa shape index (κ1) is 22.4. The van der Waals surface area contributed by atoms with Crippen LogP contribution < -0.4 is 9.47 Å². The van der Waals surface area contributed by atoms with E-state index in [-0.39, 0.29) is 34.6 Å². The lowest BCUT2D eigenvalue weighted by molar-refractivity contribution is -0.139. The van der Waals surface area contributed by atoms with Crippen LogP contribution in [0.5, 0.6) is 11.5 Å². The van der Waals surface area contributed by atoms with Gasteiger partial charge in [-0.1, -0.05) is 30.3 Å². The Morgan fingerprint density at radius 2 is 1.37 bits per heavy atom. The van der Waals surface area contributed by atoms with Crippen LogP contribution in [0, 0.1) is 0 Å². The number of carbonyl (C=O) groups is 4. The van der Waals surface area contributed by atoms with Crippen LogP contribution in [0.25, 0.3) is 11.1 Å². The highest BCUT2D eigenvalue weighted by atomic mass is 16.7. The normalized spacial score (nSPS) is 10.0. The van der Waals surface area contributed by atoms with E-state index in [0.29, 0.717) is 5.56 Å². The minimum absolute atomic E-state index is 0.0538. The summed E-state index contributed by atoms with van der Waals surface area (Å²) in [6.07, 6.45) is -2.50. The third-order valence-electron chi connectivity index (χ3n) is 4.04. The molecule has 9 nitrogen and oxygen atoms in total. The number of methoxy groups -OCH3 is 3. The fourth-order valence-electron chi connectivity index (χ4n) is 2.81. The van der Waals surface area contributed by atoms with Gasteiger partial charge in [0.05, 0.1) is 33.3 Å². The van der Waals surface area contributed by atoms with Gasteiger partial charge in [0, 0.05) is 11.6 Å². The number of ether oxygens (including phenoxy) is 5. The van der Waals surface area contributed by atoms with Crippen molar-refractivity contribution in [2.45, 2.75) is 13.3 Å². The predicted molar refractivity (Wildman–Crippen MR) is 104 cm³/mol. The van der Waals surface area contributed by atoms with Gasteiger partial charge in [-0.15, -0.1) is 0 Å². The molecule has 0 fully saturated rings. The third kappa shape index (κ3) is 5.13. The van der Waals surface area contributed by atoms with Gasteiger partial charge in [0.2, 0.25) is 0 Å². The molecule has 0 aliphatic rings. The predicted octanol–water partition coefficient (Wildman–Crippen LogP) is 3.56. The fourth-order valence-corrected chi connectivity index (χ4v) is 2.81. The molecule has 2 rings (SSSR count). The van der Waals surface area contributed by atoms with Crippen LogP contribution >= 0.6 is 0 Å². The molecular weight excluding hydrogens is 396 g/mol. The summed E-state index contributed by atoms with van der Waals surface area (Å²) in [5.74, 6) is -1.48.